The quantitative estimate of drug-likeness (QED) is 0.817. The van der Waals surface area contributed by atoms with E-state index in [9.17, 15) is 0 Å². The molecular formula is C16H28N2S. The Balaban J connectivity index is 1.85. The molecule has 1 aliphatic carbocycles. The summed E-state index contributed by atoms with van der Waals surface area (Å²) in [5.74, 6) is 0.727. The zero-order valence-electron chi connectivity index (χ0n) is 12.8. The van der Waals surface area contributed by atoms with E-state index in [4.69, 9.17) is 0 Å². The third-order valence-corrected chi connectivity index (χ3v) is 5.13. The van der Waals surface area contributed by atoms with Gasteiger partial charge in [-0.05, 0) is 50.9 Å². The molecule has 2 rings (SSSR count). The van der Waals surface area contributed by atoms with Gasteiger partial charge in [0.25, 0.3) is 0 Å². The van der Waals surface area contributed by atoms with Crippen molar-refractivity contribution in [3.05, 3.63) is 21.4 Å². The van der Waals surface area contributed by atoms with Crippen molar-refractivity contribution in [2.45, 2.75) is 59.2 Å². The maximum Gasteiger partial charge on any atom is 0.0300 e. The van der Waals surface area contributed by atoms with Gasteiger partial charge in [0.15, 0.2) is 0 Å². The largest absolute Gasteiger partial charge is 0.312 e. The Kier molecular flexibility index (Phi) is 5.43. The lowest BCUT2D eigenvalue weighted by Gasteiger charge is -2.34. The number of hydrogen-bond donors (Lipinski definition) is 1. The number of aryl methyl sites for hydroxylation is 1. The molecule has 108 valence electrons. The molecule has 1 N–H and O–H groups in total. The minimum absolute atomic E-state index is 0.727. The Labute approximate surface area is 122 Å². The van der Waals surface area contributed by atoms with Gasteiger partial charge in [0.1, 0.15) is 0 Å². The first-order chi connectivity index (χ1) is 9.06. The van der Waals surface area contributed by atoms with E-state index >= 15 is 0 Å². The van der Waals surface area contributed by atoms with E-state index in [2.05, 4.69) is 44.1 Å². The third kappa shape index (κ3) is 4.30. The Morgan fingerprint density at radius 1 is 1.42 bits per heavy atom. The lowest BCUT2D eigenvalue weighted by molar-refractivity contribution is 0.152. The second-order valence-electron chi connectivity index (χ2n) is 6.32. The topological polar surface area (TPSA) is 15.3 Å². The predicted octanol–water partition coefficient (Wildman–Crippen LogP) is 3.79. The molecule has 1 aromatic rings. The van der Waals surface area contributed by atoms with Crippen LogP contribution in [0.15, 0.2) is 6.07 Å². The van der Waals surface area contributed by atoms with E-state index in [-0.39, 0.29) is 0 Å². The SMILES string of the molecule is Cc1sc(CNCC(C)C)cc1CN(C)C1CCC1. The van der Waals surface area contributed by atoms with Gasteiger partial charge in [-0.25, -0.2) is 0 Å². The normalized spacial score (nSPS) is 16.3. The summed E-state index contributed by atoms with van der Waals surface area (Å²) in [6.45, 7) is 10.0. The van der Waals surface area contributed by atoms with E-state index in [1.54, 1.807) is 0 Å². The summed E-state index contributed by atoms with van der Waals surface area (Å²) in [6, 6.07) is 3.24. The van der Waals surface area contributed by atoms with Crippen LogP contribution >= 0.6 is 11.3 Å². The summed E-state index contributed by atoms with van der Waals surface area (Å²) in [7, 11) is 2.28. The Bertz CT molecular complexity index is 393. The Hall–Kier alpha value is -0.380. The molecule has 0 saturated heterocycles. The minimum atomic E-state index is 0.727. The molecule has 3 heteroatoms. The van der Waals surface area contributed by atoms with Gasteiger partial charge in [-0.15, -0.1) is 11.3 Å². The van der Waals surface area contributed by atoms with Crippen molar-refractivity contribution in [2.75, 3.05) is 13.6 Å². The van der Waals surface area contributed by atoms with E-state index < -0.39 is 0 Å². The maximum atomic E-state index is 3.54. The standard InChI is InChI=1S/C16H28N2S/c1-12(2)9-17-10-16-8-14(13(3)19-16)11-18(4)15-6-5-7-15/h8,12,15,17H,5-7,9-11H2,1-4H3. The van der Waals surface area contributed by atoms with Crippen molar-refractivity contribution in [3.8, 4) is 0 Å². The van der Waals surface area contributed by atoms with Gasteiger partial charge in [0, 0.05) is 28.9 Å². The molecule has 19 heavy (non-hydrogen) atoms. The average Bonchev–Trinajstić information content (AvgIpc) is 2.56. The summed E-state index contributed by atoms with van der Waals surface area (Å²) in [6.07, 6.45) is 4.20. The van der Waals surface area contributed by atoms with Crippen LogP contribution in [-0.4, -0.2) is 24.5 Å². The van der Waals surface area contributed by atoms with Crippen LogP contribution < -0.4 is 5.32 Å². The molecule has 1 aromatic heterocycles. The molecule has 2 nitrogen and oxygen atoms in total. The van der Waals surface area contributed by atoms with Crippen molar-refractivity contribution in [1.82, 2.24) is 10.2 Å². The van der Waals surface area contributed by atoms with Crippen LogP contribution in [0.4, 0.5) is 0 Å². The fourth-order valence-corrected chi connectivity index (χ4v) is 3.56. The lowest BCUT2D eigenvalue weighted by Crippen LogP contribution is -2.36. The van der Waals surface area contributed by atoms with Gasteiger partial charge in [0.2, 0.25) is 0 Å². The third-order valence-electron chi connectivity index (χ3n) is 4.04. The summed E-state index contributed by atoms with van der Waals surface area (Å²) in [4.78, 5) is 5.51. The first kappa shape index (κ1) is 15.0. The molecule has 1 fully saturated rings. The average molecular weight is 280 g/mol. The highest BCUT2D eigenvalue weighted by Gasteiger charge is 2.22. The smallest absolute Gasteiger partial charge is 0.0300 e. The summed E-state index contributed by atoms with van der Waals surface area (Å²) in [5.41, 5.74) is 1.53. The molecule has 0 bridgehead atoms. The zero-order valence-corrected chi connectivity index (χ0v) is 13.6. The van der Waals surface area contributed by atoms with Crippen LogP contribution in [0, 0.1) is 12.8 Å². The van der Waals surface area contributed by atoms with Crippen LogP contribution in [0.2, 0.25) is 0 Å². The molecule has 0 amide bonds. The van der Waals surface area contributed by atoms with Crippen molar-refractivity contribution in [2.24, 2.45) is 5.92 Å². The number of thiophene rings is 1. The summed E-state index contributed by atoms with van der Waals surface area (Å²) in [5, 5.41) is 3.54. The monoisotopic (exact) mass is 280 g/mol. The fourth-order valence-electron chi connectivity index (χ4n) is 2.54. The van der Waals surface area contributed by atoms with E-state index in [1.807, 2.05) is 11.3 Å². The Morgan fingerprint density at radius 2 is 2.16 bits per heavy atom. The maximum absolute atomic E-state index is 3.54. The number of nitrogens with one attached hydrogen (secondary N) is 1. The highest BCUT2D eigenvalue weighted by atomic mass is 32.1. The Morgan fingerprint density at radius 3 is 2.74 bits per heavy atom. The predicted molar refractivity (Wildman–Crippen MR) is 84.7 cm³/mol. The highest BCUT2D eigenvalue weighted by molar-refractivity contribution is 7.12. The van der Waals surface area contributed by atoms with Crippen LogP contribution in [0.5, 0.6) is 0 Å². The number of hydrogen-bond acceptors (Lipinski definition) is 3. The molecule has 0 radical (unpaired) electrons. The van der Waals surface area contributed by atoms with Crippen LogP contribution in [0.1, 0.15) is 48.4 Å². The molecule has 1 saturated carbocycles. The molecular weight excluding hydrogens is 252 g/mol. The van der Waals surface area contributed by atoms with Crippen molar-refractivity contribution in [1.29, 1.82) is 0 Å². The number of nitrogens with zero attached hydrogens (tertiary/aromatic N) is 1. The van der Waals surface area contributed by atoms with Crippen LogP contribution in [0.25, 0.3) is 0 Å². The second kappa shape index (κ2) is 6.87. The van der Waals surface area contributed by atoms with E-state index in [1.165, 1.54) is 34.6 Å². The fraction of sp³-hybridized carbons (Fsp3) is 0.750. The highest BCUT2D eigenvalue weighted by Crippen LogP contribution is 2.28. The minimum Gasteiger partial charge on any atom is -0.312 e. The first-order valence-corrected chi connectivity index (χ1v) is 8.37. The molecule has 0 spiro atoms. The van der Waals surface area contributed by atoms with Crippen molar-refractivity contribution in [3.63, 3.8) is 0 Å². The molecule has 1 aliphatic rings. The molecule has 0 unspecified atom stereocenters. The first-order valence-electron chi connectivity index (χ1n) is 7.55. The molecule has 0 aliphatic heterocycles. The zero-order chi connectivity index (χ0) is 13.8. The van der Waals surface area contributed by atoms with Crippen LogP contribution in [0.3, 0.4) is 0 Å². The van der Waals surface area contributed by atoms with E-state index in [0.717, 1.165) is 31.6 Å². The van der Waals surface area contributed by atoms with Gasteiger partial charge in [-0.3, -0.25) is 4.90 Å². The molecule has 0 atom stereocenters. The number of rotatable bonds is 7. The van der Waals surface area contributed by atoms with Crippen molar-refractivity contribution >= 4 is 11.3 Å². The summed E-state index contributed by atoms with van der Waals surface area (Å²) < 4.78 is 0. The van der Waals surface area contributed by atoms with Crippen molar-refractivity contribution < 1.29 is 0 Å². The van der Waals surface area contributed by atoms with Crippen LogP contribution in [-0.2, 0) is 13.1 Å². The summed E-state index contributed by atoms with van der Waals surface area (Å²) >= 11 is 1.96. The van der Waals surface area contributed by atoms with Gasteiger partial charge in [0.05, 0.1) is 0 Å². The molecule has 1 heterocycles. The molecule has 0 aromatic carbocycles. The van der Waals surface area contributed by atoms with E-state index in [0.29, 0.717) is 0 Å². The van der Waals surface area contributed by atoms with Gasteiger partial charge >= 0.3 is 0 Å². The van der Waals surface area contributed by atoms with Gasteiger partial charge in [-0.1, -0.05) is 20.3 Å². The second-order valence-corrected chi connectivity index (χ2v) is 7.66. The lowest BCUT2D eigenvalue weighted by atomic mass is 9.91. The van der Waals surface area contributed by atoms with Gasteiger partial charge in [-0.2, -0.15) is 0 Å². The van der Waals surface area contributed by atoms with Gasteiger partial charge < -0.3 is 5.32 Å².